The van der Waals surface area contributed by atoms with Crippen LogP contribution >= 0.6 is 15.9 Å². The Hall–Kier alpha value is -1.71. The lowest BCUT2D eigenvalue weighted by molar-refractivity contribution is 0.866. The van der Waals surface area contributed by atoms with Crippen molar-refractivity contribution in [2.75, 3.05) is 0 Å². The normalized spacial score (nSPS) is 12.6. The molecule has 2 aromatic carbocycles. The summed E-state index contributed by atoms with van der Waals surface area (Å²) in [6, 6.07) is 16.5. The fourth-order valence-electron chi connectivity index (χ4n) is 2.50. The van der Waals surface area contributed by atoms with Crippen LogP contribution in [-0.4, -0.2) is 4.98 Å². The number of rotatable bonds is 2. The van der Waals surface area contributed by atoms with Crippen LogP contribution in [0.5, 0.6) is 0 Å². The molecule has 3 aromatic rings. The minimum Gasteiger partial charge on any atom is -0.320 e. The summed E-state index contributed by atoms with van der Waals surface area (Å²) < 4.78 is 1.05. The number of hydrogen-bond acceptors (Lipinski definition) is 2. The van der Waals surface area contributed by atoms with E-state index in [2.05, 4.69) is 64.2 Å². The van der Waals surface area contributed by atoms with Crippen LogP contribution in [0.3, 0.4) is 0 Å². The number of nitrogens with zero attached hydrogens (tertiary/aromatic N) is 1. The van der Waals surface area contributed by atoms with Gasteiger partial charge in [-0.25, -0.2) is 0 Å². The Labute approximate surface area is 133 Å². The molecule has 1 atom stereocenters. The summed E-state index contributed by atoms with van der Waals surface area (Å²) >= 11 is 3.61. The molecule has 0 aliphatic heterocycles. The summed E-state index contributed by atoms with van der Waals surface area (Å²) in [4.78, 5) is 4.53. The molecule has 106 valence electrons. The Kier molecular flexibility index (Phi) is 3.79. The maximum absolute atomic E-state index is 6.44. The Morgan fingerprint density at radius 3 is 2.57 bits per heavy atom. The number of nitrogens with two attached hydrogens (primary N) is 1. The second kappa shape index (κ2) is 5.58. The van der Waals surface area contributed by atoms with Gasteiger partial charge >= 0.3 is 0 Å². The molecule has 1 unspecified atom stereocenters. The minimum absolute atomic E-state index is 0.148. The Morgan fingerprint density at radius 2 is 1.81 bits per heavy atom. The number of aromatic nitrogens is 1. The van der Waals surface area contributed by atoms with Crippen LogP contribution < -0.4 is 5.73 Å². The second-order valence-electron chi connectivity index (χ2n) is 5.41. The zero-order valence-corrected chi connectivity index (χ0v) is 13.7. The highest BCUT2D eigenvalue weighted by atomic mass is 79.9. The van der Waals surface area contributed by atoms with Crippen LogP contribution in [0.15, 0.2) is 53.0 Å². The van der Waals surface area contributed by atoms with Gasteiger partial charge in [0.1, 0.15) is 0 Å². The molecule has 3 rings (SSSR count). The van der Waals surface area contributed by atoms with E-state index in [0.29, 0.717) is 0 Å². The Bertz CT molecular complexity index is 811. The van der Waals surface area contributed by atoms with E-state index in [9.17, 15) is 0 Å². The van der Waals surface area contributed by atoms with Gasteiger partial charge in [0.2, 0.25) is 0 Å². The highest BCUT2D eigenvalue weighted by molar-refractivity contribution is 9.10. The van der Waals surface area contributed by atoms with Crippen molar-refractivity contribution in [3.05, 3.63) is 75.4 Å². The molecule has 1 heterocycles. The van der Waals surface area contributed by atoms with Crippen molar-refractivity contribution in [3.8, 4) is 0 Å². The highest BCUT2D eigenvalue weighted by Crippen LogP contribution is 2.29. The van der Waals surface area contributed by atoms with Gasteiger partial charge in [-0.15, -0.1) is 0 Å². The molecule has 0 radical (unpaired) electrons. The van der Waals surface area contributed by atoms with Gasteiger partial charge in [-0.3, -0.25) is 4.98 Å². The number of pyridine rings is 1. The molecular weight excluding hydrogens is 324 g/mol. The Balaban J connectivity index is 2.04. The first kappa shape index (κ1) is 14.2. The molecule has 0 fully saturated rings. The molecule has 0 amide bonds. The lowest BCUT2D eigenvalue weighted by Gasteiger charge is -2.15. The van der Waals surface area contributed by atoms with Crippen LogP contribution in [0.25, 0.3) is 10.9 Å². The first-order valence-electron chi connectivity index (χ1n) is 6.93. The average molecular weight is 341 g/mol. The van der Waals surface area contributed by atoms with Gasteiger partial charge in [0.15, 0.2) is 0 Å². The standard InChI is InChI=1S/C18H17BrN2/c1-11-3-7-15(16(19)9-11)18(20)14-6-8-17-13(10-14)5-4-12(2)21-17/h3-10,18H,20H2,1-2H3. The van der Waals surface area contributed by atoms with Crippen molar-refractivity contribution in [1.29, 1.82) is 0 Å². The number of hydrogen-bond donors (Lipinski definition) is 1. The van der Waals surface area contributed by atoms with Crippen molar-refractivity contribution in [2.24, 2.45) is 5.73 Å². The topological polar surface area (TPSA) is 38.9 Å². The van der Waals surface area contributed by atoms with Gasteiger partial charge in [-0.1, -0.05) is 40.2 Å². The van der Waals surface area contributed by atoms with E-state index in [1.807, 2.05) is 19.1 Å². The summed E-state index contributed by atoms with van der Waals surface area (Å²) in [5.41, 5.74) is 11.9. The lowest BCUT2D eigenvalue weighted by atomic mass is 9.97. The summed E-state index contributed by atoms with van der Waals surface area (Å²) in [7, 11) is 0. The highest BCUT2D eigenvalue weighted by Gasteiger charge is 2.13. The van der Waals surface area contributed by atoms with E-state index < -0.39 is 0 Å². The minimum atomic E-state index is -0.148. The smallest absolute Gasteiger partial charge is 0.0705 e. The van der Waals surface area contributed by atoms with Gasteiger partial charge < -0.3 is 5.73 Å². The largest absolute Gasteiger partial charge is 0.320 e. The molecule has 0 saturated heterocycles. The van der Waals surface area contributed by atoms with Crippen LogP contribution in [-0.2, 0) is 0 Å². The van der Waals surface area contributed by atoms with Crippen molar-refractivity contribution < 1.29 is 0 Å². The second-order valence-corrected chi connectivity index (χ2v) is 6.26. The number of aryl methyl sites for hydroxylation is 2. The van der Waals surface area contributed by atoms with Crippen LogP contribution in [0.4, 0.5) is 0 Å². The molecule has 2 N–H and O–H groups in total. The third kappa shape index (κ3) is 2.85. The molecular formula is C18H17BrN2. The van der Waals surface area contributed by atoms with Crippen LogP contribution in [0, 0.1) is 13.8 Å². The lowest BCUT2D eigenvalue weighted by Crippen LogP contribution is -2.12. The molecule has 0 aliphatic carbocycles. The SMILES string of the molecule is Cc1ccc(C(N)c2ccc3nc(C)ccc3c2)c(Br)c1. The average Bonchev–Trinajstić information content (AvgIpc) is 2.46. The molecule has 0 spiro atoms. The molecule has 21 heavy (non-hydrogen) atoms. The molecule has 0 bridgehead atoms. The predicted octanol–water partition coefficient (Wildman–Crippen LogP) is 4.66. The predicted molar refractivity (Wildman–Crippen MR) is 91.4 cm³/mol. The third-order valence-corrected chi connectivity index (χ3v) is 4.39. The van der Waals surface area contributed by atoms with Crippen molar-refractivity contribution in [3.63, 3.8) is 0 Å². The Morgan fingerprint density at radius 1 is 1.00 bits per heavy atom. The van der Waals surface area contributed by atoms with Gasteiger partial charge in [-0.2, -0.15) is 0 Å². The van der Waals surface area contributed by atoms with Gasteiger partial charge in [0, 0.05) is 15.6 Å². The quantitative estimate of drug-likeness (QED) is 0.736. The molecule has 1 aromatic heterocycles. The summed E-state index contributed by atoms with van der Waals surface area (Å²) in [5, 5.41) is 1.12. The fourth-order valence-corrected chi connectivity index (χ4v) is 3.24. The van der Waals surface area contributed by atoms with Crippen LogP contribution in [0.1, 0.15) is 28.4 Å². The maximum atomic E-state index is 6.44. The van der Waals surface area contributed by atoms with E-state index >= 15 is 0 Å². The maximum Gasteiger partial charge on any atom is 0.0705 e. The van der Waals surface area contributed by atoms with E-state index in [1.165, 1.54) is 5.56 Å². The molecule has 0 saturated carbocycles. The zero-order chi connectivity index (χ0) is 15.0. The van der Waals surface area contributed by atoms with Crippen LogP contribution in [0.2, 0.25) is 0 Å². The van der Waals surface area contributed by atoms with E-state index in [1.54, 1.807) is 0 Å². The summed E-state index contributed by atoms with van der Waals surface area (Å²) in [5.74, 6) is 0. The van der Waals surface area contributed by atoms with Crippen molar-refractivity contribution in [1.82, 2.24) is 4.98 Å². The molecule has 2 nitrogen and oxygen atoms in total. The van der Waals surface area contributed by atoms with E-state index in [4.69, 9.17) is 5.73 Å². The number of halogens is 1. The van der Waals surface area contributed by atoms with Gasteiger partial charge in [0.05, 0.1) is 11.6 Å². The van der Waals surface area contributed by atoms with Gasteiger partial charge in [0.25, 0.3) is 0 Å². The van der Waals surface area contributed by atoms with E-state index in [0.717, 1.165) is 32.2 Å². The summed E-state index contributed by atoms with van der Waals surface area (Å²) in [6.45, 7) is 4.08. The first-order chi connectivity index (χ1) is 10.0. The first-order valence-corrected chi connectivity index (χ1v) is 7.73. The fraction of sp³-hybridized carbons (Fsp3) is 0.167. The molecule has 3 heteroatoms. The zero-order valence-electron chi connectivity index (χ0n) is 12.1. The third-order valence-electron chi connectivity index (χ3n) is 3.70. The van der Waals surface area contributed by atoms with Gasteiger partial charge in [-0.05, 0) is 54.8 Å². The summed E-state index contributed by atoms with van der Waals surface area (Å²) in [6.07, 6.45) is 0. The van der Waals surface area contributed by atoms with Crippen molar-refractivity contribution >= 4 is 26.8 Å². The molecule has 0 aliphatic rings. The number of fused-ring (bicyclic) bond motifs is 1. The van der Waals surface area contributed by atoms with Crippen molar-refractivity contribution in [2.45, 2.75) is 19.9 Å². The monoisotopic (exact) mass is 340 g/mol. The van der Waals surface area contributed by atoms with E-state index in [-0.39, 0.29) is 6.04 Å². The number of benzene rings is 2.